The van der Waals surface area contributed by atoms with Crippen LogP contribution >= 0.6 is 22.9 Å². The molecule has 1 heterocycles. The lowest BCUT2D eigenvalue weighted by molar-refractivity contribution is 0.0230. The molecule has 2 N–H and O–H groups in total. The molecule has 0 radical (unpaired) electrons. The van der Waals surface area contributed by atoms with E-state index in [9.17, 15) is 14.4 Å². The van der Waals surface area contributed by atoms with Crippen LogP contribution in [0.15, 0.2) is 66.7 Å². The van der Waals surface area contributed by atoms with E-state index in [-0.39, 0.29) is 11.5 Å². The predicted octanol–water partition coefficient (Wildman–Crippen LogP) is 4.16. The first-order valence-electron chi connectivity index (χ1n) is 7.76. The van der Waals surface area contributed by atoms with Crippen LogP contribution in [0.1, 0.15) is 30.4 Å². The Morgan fingerprint density at radius 1 is 0.852 bits per heavy atom. The first-order chi connectivity index (χ1) is 13.0. The van der Waals surface area contributed by atoms with E-state index in [0.717, 1.165) is 11.3 Å². The van der Waals surface area contributed by atoms with E-state index in [0.29, 0.717) is 20.5 Å². The number of thiophene rings is 1. The maximum absolute atomic E-state index is 12.2. The molecule has 0 bridgehead atoms. The Hall–Kier alpha value is -3.16. The second-order valence-corrected chi connectivity index (χ2v) is 7.04. The van der Waals surface area contributed by atoms with Gasteiger partial charge in [-0.1, -0.05) is 35.9 Å². The maximum atomic E-state index is 12.2. The number of rotatable bonds is 4. The minimum absolute atomic E-state index is 0.220. The number of amides is 2. The molecule has 0 aliphatic carbocycles. The van der Waals surface area contributed by atoms with Gasteiger partial charge in [0.05, 0.1) is 14.8 Å². The van der Waals surface area contributed by atoms with E-state index in [2.05, 4.69) is 10.8 Å². The van der Waals surface area contributed by atoms with Crippen molar-refractivity contribution in [2.45, 2.75) is 0 Å². The van der Waals surface area contributed by atoms with Gasteiger partial charge in [-0.25, -0.2) is 4.79 Å². The number of anilines is 1. The van der Waals surface area contributed by atoms with Gasteiger partial charge < -0.3 is 10.2 Å². The van der Waals surface area contributed by atoms with Gasteiger partial charge in [-0.15, -0.1) is 11.3 Å². The summed E-state index contributed by atoms with van der Waals surface area (Å²) in [6.45, 7) is 0. The second-order valence-electron chi connectivity index (χ2n) is 5.33. The van der Waals surface area contributed by atoms with Crippen LogP contribution < -0.4 is 10.8 Å². The van der Waals surface area contributed by atoms with Crippen LogP contribution in [0, 0.1) is 0 Å². The van der Waals surface area contributed by atoms with E-state index in [4.69, 9.17) is 16.4 Å². The Kier molecular flexibility index (Phi) is 5.85. The van der Waals surface area contributed by atoms with Crippen LogP contribution in [0.2, 0.25) is 4.34 Å². The fourth-order valence-electron chi connectivity index (χ4n) is 2.15. The fourth-order valence-corrected chi connectivity index (χ4v) is 3.09. The number of benzene rings is 2. The fraction of sp³-hybridized carbons (Fsp3) is 0. The van der Waals surface area contributed by atoms with Gasteiger partial charge in [-0.05, 0) is 42.5 Å². The van der Waals surface area contributed by atoms with E-state index < -0.39 is 11.9 Å². The largest absolute Gasteiger partial charge is 0.362 e. The summed E-state index contributed by atoms with van der Waals surface area (Å²) in [6, 6.07) is 17.8. The standard InChI is InChI=1S/C19H13ClN2O4S/c20-16-10-9-15(27-16)18(24)21-14-8-4-7-13(11-14)17(23)22-26-19(25)12-5-2-1-3-6-12/h1-11H,(H,21,24)(H,22,23). The van der Waals surface area contributed by atoms with Crippen LogP contribution in [0.4, 0.5) is 5.69 Å². The zero-order valence-electron chi connectivity index (χ0n) is 13.8. The summed E-state index contributed by atoms with van der Waals surface area (Å²) in [5, 5.41) is 2.68. The van der Waals surface area contributed by atoms with Gasteiger partial charge in [0.25, 0.3) is 11.8 Å². The zero-order chi connectivity index (χ0) is 19.2. The SMILES string of the molecule is O=C(NOC(=O)c1ccccc1)c1cccc(NC(=O)c2ccc(Cl)s2)c1. The van der Waals surface area contributed by atoms with Gasteiger partial charge in [-0.3, -0.25) is 9.59 Å². The molecule has 2 aromatic carbocycles. The molecule has 0 aliphatic heterocycles. The molecule has 6 nitrogen and oxygen atoms in total. The van der Waals surface area contributed by atoms with Crippen molar-refractivity contribution in [1.29, 1.82) is 0 Å². The number of nitrogens with one attached hydrogen (secondary N) is 2. The Morgan fingerprint density at radius 3 is 2.30 bits per heavy atom. The third kappa shape index (κ3) is 4.93. The van der Waals surface area contributed by atoms with Gasteiger partial charge in [0, 0.05) is 11.3 Å². The van der Waals surface area contributed by atoms with Crippen molar-refractivity contribution < 1.29 is 19.2 Å². The number of hydroxylamine groups is 1. The molecule has 8 heteroatoms. The second kappa shape index (κ2) is 8.48. The van der Waals surface area contributed by atoms with Crippen molar-refractivity contribution in [3.05, 3.63) is 87.1 Å². The smallest absolute Gasteiger partial charge is 0.335 e. The van der Waals surface area contributed by atoms with Crippen molar-refractivity contribution in [1.82, 2.24) is 5.48 Å². The molecule has 0 saturated heterocycles. The number of carbonyl (C=O) groups excluding carboxylic acids is 3. The molecule has 2 amide bonds. The lowest BCUT2D eigenvalue weighted by Gasteiger charge is -2.08. The normalized spacial score (nSPS) is 10.1. The summed E-state index contributed by atoms with van der Waals surface area (Å²) < 4.78 is 0.508. The third-order valence-corrected chi connectivity index (χ3v) is 4.66. The summed E-state index contributed by atoms with van der Waals surface area (Å²) in [6.07, 6.45) is 0. The molecule has 0 atom stereocenters. The van der Waals surface area contributed by atoms with E-state index in [1.807, 2.05) is 0 Å². The zero-order valence-corrected chi connectivity index (χ0v) is 15.3. The van der Waals surface area contributed by atoms with Gasteiger partial charge in [0.1, 0.15) is 0 Å². The minimum Gasteiger partial charge on any atom is -0.335 e. The van der Waals surface area contributed by atoms with Crippen molar-refractivity contribution in [2.75, 3.05) is 5.32 Å². The van der Waals surface area contributed by atoms with Crippen LogP contribution in [0.25, 0.3) is 0 Å². The number of hydrogen-bond donors (Lipinski definition) is 2. The molecule has 0 fully saturated rings. The van der Waals surface area contributed by atoms with Gasteiger partial charge in [-0.2, -0.15) is 5.48 Å². The lowest BCUT2D eigenvalue weighted by Crippen LogP contribution is -2.27. The topological polar surface area (TPSA) is 84.5 Å². The first kappa shape index (κ1) is 18.6. The average Bonchev–Trinajstić information content (AvgIpc) is 3.13. The maximum Gasteiger partial charge on any atom is 0.362 e. The summed E-state index contributed by atoms with van der Waals surface area (Å²) in [7, 11) is 0. The van der Waals surface area contributed by atoms with E-state index in [1.54, 1.807) is 54.6 Å². The van der Waals surface area contributed by atoms with Crippen LogP contribution in [0.3, 0.4) is 0 Å². The lowest BCUT2D eigenvalue weighted by atomic mass is 10.2. The quantitative estimate of drug-likeness (QED) is 0.644. The predicted molar refractivity (Wildman–Crippen MR) is 103 cm³/mol. The molecule has 0 unspecified atom stereocenters. The first-order valence-corrected chi connectivity index (χ1v) is 8.96. The van der Waals surface area contributed by atoms with Crippen LogP contribution in [-0.2, 0) is 4.84 Å². The van der Waals surface area contributed by atoms with E-state index >= 15 is 0 Å². The summed E-state index contributed by atoms with van der Waals surface area (Å²) in [5.74, 6) is -1.63. The summed E-state index contributed by atoms with van der Waals surface area (Å²) in [5.41, 5.74) is 3.05. The highest BCUT2D eigenvalue weighted by Crippen LogP contribution is 2.22. The number of hydrogen-bond acceptors (Lipinski definition) is 5. The average molecular weight is 401 g/mol. The van der Waals surface area contributed by atoms with Crippen LogP contribution in [-0.4, -0.2) is 17.8 Å². The molecule has 136 valence electrons. The third-order valence-electron chi connectivity index (χ3n) is 3.43. The summed E-state index contributed by atoms with van der Waals surface area (Å²) >= 11 is 6.97. The molecule has 1 aromatic heterocycles. The van der Waals surface area contributed by atoms with Crippen molar-refractivity contribution in [3.63, 3.8) is 0 Å². The van der Waals surface area contributed by atoms with Crippen molar-refractivity contribution in [3.8, 4) is 0 Å². The molecule has 0 saturated carbocycles. The Bertz CT molecular complexity index is 988. The van der Waals surface area contributed by atoms with Gasteiger partial charge in [0.2, 0.25) is 0 Å². The van der Waals surface area contributed by atoms with Gasteiger partial charge in [0.15, 0.2) is 0 Å². The minimum atomic E-state index is -0.678. The molecule has 3 rings (SSSR count). The molecular weight excluding hydrogens is 388 g/mol. The molecule has 0 aliphatic rings. The molecule has 0 spiro atoms. The highest BCUT2D eigenvalue weighted by molar-refractivity contribution is 7.18. The summed E-state index contributed by atoms with van der Waals surface area (Å²) in [4.78, 5) is 41.4. The van der Waals surface area contributed by atoms with E-state index in [1.165, 1.54) is 12.1 Å². The Morgan fingerprint density at radius 2 is 1.59 bits per heavy atom. The molecule has 3 aromatic rings. The van der Waals surface area contributed by atoms with Crippen LogP contribution in [0.5, 0.6) is 0 Å². The Labute approximate surface area is 163 Å². The number of halogens is 1. The molecule has 27 heavy (non-hydrogen) atoms. The monoisotopic (exact) mass is 400 g/mol. The van der Waals surface area contributed by atoms with Crippen molar-refractivity contribution >= 4 is 46.4 Å². The molecular formula is C19H13ClN2O4S. The van der Waals surface area contributed by atoms with Crippen molar-refractivity contribution in [2.24, 2.45) is 0 Å². The highest BCUT2D eigenvalue weighted by Gasteiger charge is 2.13. The van der Waals surface area contributed by atoms with Gasteiger partial charge >= 0.3 is 5.97 Å². The Balaban J connectivity index is 1.61. The highest BCUT2D eigenvalue weighted by atomic mass is 35.5. The number of carbonyl (C=O) groups is 3.